The molecule has 12 heteroatoms. The summed E-state index contributed by atoms with van der Waals surface area (Å²) in [6.45, 7) is 0. The van der Waals surface area contributed by atoms with Gasteiger partial charge in [-0.3, -0.25) is 9.52 Å². The molecule has 0 aliphatic heterocycles. The average Bonchev–Trinajstić information content (AvgIpc) is 3.04. The molecule has 44 heavy (non-hydrogen) atoms. The minimum Gasteiger partial charge on any atom is -0.497 e. The molecule has 0 saturated carbocycles. The molecule has 0 fully saturated rings. The summed E-state index contributed by atoms with van der Waals surface area (Å²) in [5.74, 6) is 1.66. The third-order valence-corrected chi connectivity index (χ3v) is 7.99. The highest BCUT2D eigenvalue weighted by atomic mass is 32.2. The van der Waals surface area contributed by atoms with Crippen molar-refractivity contribution in [3.8, 4) is 17.2 Å². The quantitative estimate of drug-likeness (QED) is 0.160. The number of nitrogens with zero attached hydrogens (tertiary/aromatic N) is 2. The Morgan fingerprint density at radius 2 is 1.39 bits per heavy atom. The minimum absolute atomic E-state index is 0.0169. The smallest absolute Gasteiger partial charge is 0.263 e. The molecule has 4 aromatic carbocycles. The zero-order chi connectivity index (χ0) is 31.1. The maximum atomic E-state index is 13.6. The molecule has 0 saturated heterocycles. The first kappa shape index (κ1) is 30.1. The van der Waals surface area contributed by atoms with Crippen LogP contribution in [-0.4, -0.2) is 45.6 Å². The summed E-state index contributed by atoms with van der Waals surface area (Å²) in [5, 5.41) is 5.91. The van der Waals surface area contributed by atoms with Gasteiger partial charge in [0.2, 0.25) is 5.91 Å². The van der Waals surface area contributed by atoms with E-state index in [0.29, 0.717) is 46.1 Å². The van der Waals surface area contributed by atoms with Crippen LogP contribution >= 0.6 is 0 Å². The molecule has 0 radical (unpaired) electrons. The number of carbonyl (C=O) groups excluding carboxylic acids is 1. The van der Waals surface area contributed by atoms with Crippen molar-refractivity contribution in [2.75, 3.05) is 36.7 Å². The van der Waals surface area contributed by atoms with Crippen molar-refractivity contribution >= 4 is 50.0 Å². The van der Waals surface area contributed by atoms with E-state index in [-0.39, 0.29) is 28.9 Å². The summed E-state index contributed by atoms with van der Waals surface area (Å²) in [5.41, 5.74) is 2.84. The van der Waals surface area contributed by atoms with Crippen LogP contribution in [0.5, 0.6) is 17.2 Å². The van der Waals surface area contributed by atoms with Gasteiger partial charge in [-0.1, -0.05) is 36.4 Å². The van der Waals surface area contributed by atoms with Gasteiger partial charge in [0.25, 0.3) is 10.0 Å². The molecular formula is C32H31N5O6S. The van der Waals surface area contributed by atoms with Crippen LogP contribution in [0.15, 0.2) is 95.9 Å². The molecule has 1 heterocycles. The number of hydrogen-bond acceptors (Lipinski definition) is 9. The molecule has 0 atom stereocenters. The molecule has 1 aromatic heterocycles. The molecule has 5 rings (SSSR count). The van der Waals surface area contributed by atoms with Crippen molar-refractivity contribution in [2.24, 2.45) is 0 Å². The second-order valence-corrected chi connectivity index (χ2v) is 11.3. The Morgan fingerprint density at radius 3 is 2.07 bits per heavy atom. The van der Waals surface area contributed by atoms with Gasteiger partial charge in [0.05, 0.1) is 37.3 Å². The summed E-state index contributed by atoms with van der Waals surface area (Å²) in [6.07, 6.45) is 0.650. The van der Waals surface area contributed by atoms with Crippen molar-refractivity contribution in [1.29, 1.82) is 0 Å². The molecule has 0 aliphatic carbocycles. The fourth-order valence-electron chi connectivity index (χ4n) is 4.48. The largest absolute Gasteiger partial charge is 0.497 e. The zero-order valence-electron chi connectivity index (χ0n) is 24.3. The van der Waals surface area contributed by atoms with E-state index >= 15 is 0 Å². The molecule has 1 amide bonds. The van der Waals surface area contributed by atoms with Crippen molar-refractivity contribution in [1.82, 2.24) is 9.97 Å². The third kappa shape index (κ3) is 7.16. The topological polar surface area (TPSA) is 141 Å². The minimum atomic E-state index is -4.15. The molecule has 0 aliphatic rings. The molecule has 3 N–H and O–H groups in total. The highest BCUT2D eigenvalue weighted by Gasteiger charge is 2.20. The first-order chi connectivity index (χ1) is 21.3. The summed E-state index contributed by atoms with van der Waals surface area (Å²) in [6, 6.07) is 25.7. The van der Waals surface area contributed by atoms with Gasteiger partial charge in [0.15, 0.2) is 11.6 Å². The monoisotopic (exact) mass is 613 g/mol. The summed E-state index contributed by atoms with van der Waals surface area (Å²) in [7, 11) is 0.491. The van der Waals surface area contributed by atoms with E-state index in [1.165, 1.54) is 26.4 Å². The lowest BCUT2D eigenvalue weighted by Crippen LogP contribution is -2.17. The number of nitrogens with one attached hydrogen (secondary N) is 3. The molecule has 0 unspecified atom stereocenters. The van der Waals surface area contributed by atoms with Gasteiger partial charge >= 0.3 is 0 Å². The Bertz CT molecular complexity index is 1890. The zero-order valence-corrected chi connectivity index (χ0v) is 25.1. The van der Waals surface area contributed by atoms with Crippen LogP contribution in [0.4, 0.5) is 23.0 Å². The van der Waals surface area contributed by atoms with Crippen LogP contribution < -0.4 is 29.6 Å². The first-order valence-corrected chi connectivity index (χ1v) is 15.1. The summed E-state index contributed by atoms with van der Waals surface area (Å²) in [4.78, 5) is 21.8. The Hall–Kier alpha value is -5.36. The fourth-order valence-corrected chi connectivity index (χ4v) is 5.54. The first-order valence-electron chi connectivity index (χ1n) is 13.6. The van der Waals surface area contributed by atoms with Gasteiger partial charge in [-0.2, -0.15) is 0 Å². The Kier molecular flexibility index (Phi) is 9.10. The van der Waals surface area contributed by atoms with E-state index in [0.717, 1.165) is 5.56 Å². The van der Waals surface area contributed by atoms with Gasteiger partial charge in [0.1, 0.15) is 17.2 Å². The molecular weight excluding hydrogens is 582 g/mol. The molecule has 0 spiro atoms. The lowest BCUT2D eigenvalue weighted by molar-refractivity contribution is -0.116. The van der Waals surface area contributed by atoms with Crippen LogP contribution in [0.1, 0.15) is 12.0 Å². The van der Waals surface area contributed by atoms with E-state index in [9.17, 15) is 13.2 Å². The predicted molar refractivity (Wildman–Crippen MR) is 170 cm³/mol. The van der Waals surface area contributed by atoms with Crippen LogP contribution in [-0.2, 0) is 21.2 Å². The maximum absolute atomic E-state index is 13.6. The number of sulfonamides is 1. The van der Waals surface area contributed by atoms with E-state index in [1.54, 1.807) is 55.6 Å². The second kappa shape index (κ2) is 13.3. The number of para-hydroxylation sites is 3. The van der Waals surface area contributed by atoms with Gasteiger partial charge in [0, 0.05) is 36.0 Å². The normalized spacial score (nSPS) is 11.1. The predicted octanol–water partition coefficient (Wildman–Crippen LogP) is 5.77. The van der Waals surface area contributed by atoms with Crippen LogP contribution in [0.2, 0.25) is 0 Å². The number of rotatable bonds is 12. The highest BCUT2D eigenvalue weighted by molar-refractivity contribution is 7.92. The van der Waals surface area contributed by atoms with E-state index in [4.69, 9.17) is 14.2 Å². The Balaban J connectivity index is 1.38. The Labute approximate surface area is 255 Å². The fraction of sp³-hybridized carbons (Fsp3) is 0.156. The van der Waals surface area contributed by atoms with Crippen LogP contribution in [0.25, 0.3) is 11.0 Å². The van der Waals surface area contributed by atoms with Crippen molar-refractivity contribution in [3.05, 3.63) is 96.6 Å². The second-order valence-electron chi connectivity index (χ2n) is 9.63. The molecule has 0 bridgehead atoms. The number of ether oxygens (including phenoxy) is 3. The van der Waals surface area contributed by atoms with E-state index < -0.39 is 10.0 Å². The molecule has 5 aromatic rings. The Morgan fingerprint density at radius 1 is 0.727 bits per heavy atom. The molecule has 11 nitrogen and oxygen atoms in total. The van der Waals surface area contributed by atoms with Crippen molar-refractivity contribution < 1.29 is 27.4 Å². The number of carbonyl (C=O) groups is 1. The van der Waals surface area contributed by atoms with Crippen LogP contribution in [0, 0.1) is 0 Å². The number of hydrogen-bond donors (Lipinski definition) is 3. The third-order valence-electron chi connectivity index (χ3n) is 6.66. The average molecular weight is 614 g/mol. The lowest BCUT2D eigenvalue weighted by atomic mass is 10.1. The van der Waals surface area contributed by atoms with Gasteiger partial charge in [-0.15, -0.1) is 0 Å². The SMILES string of the molecule is COc1cc(Nc2nc3ccccc3nc2NS(=O)(=O)c2cccc(NC(=O)CCc3ccccc3OC)c2)cc(OC)c1. The van der Waals surface area contributed by atoms with E-state index in [2.05, 4.69) is 25.3 Å². The van der Waals surface area contributed by atoms with Gasteiger partial charge < -0.3 is 24.8 Å². The van der Waals surface area contributed by atoms with Crippen molar-refractivity contribution in [2.45, 2.75) is 17.7 Å². The number of methoxy groups -OCH3 is 3. The van der Waals surface area contributed by atoms with Crippen LogP contribution in [0.3, 0.4) is 0 Å². The number of anilines is 4. The van der Waals surface area contributed by atoms with E-state index in [1.807, 2.05) is 30.3 Å². The number of aryl methyl sites for hydroxylation is 1. The number of benzene rings is 4. The standard InChI is InChI=1S/C32H31N5O6S/c1-41-24-17-23(18-25(20-24)42-2)34-31-32(36-28-13-6-5-12-27(28)35-31)37-44(39,40)26-11-8-10-22(19-26)33-30(38)16-15-21-9-4-7-14-29(21)43-3/h4-14,17-20H,15-16H2,1-3H3,(H,33,38)(H,34,35)(H,36,37). The summed E-state index contributed by atoms with van der Waals surface area (Å²) < 4.78 is 45.8. The number of amides is 1. The maximum Gasteiger partial charge on any atom is 0.263 e. The number of aromatic nitrogens is 2. The van der Waals surface area contributed by atoms with Gasteiger partial charge in [-0.25, -0.2) is 18.4 Å². The lowest BCUT2D eigenvalue weighted by Gasteiger charge is -2.15. The number of fused-ring (bicyclic) bond motifs is 1. The van der Waals surface area contributed by atoms with Crippen molar-refractivity contribution in [3.63, 3.8) is 0 Å². The summed E-state index contributed by atoms with van der Waals surface area (Å²) >= 11 is 0. The highest BCUT2D eigenvalue weighted by Crippen LogP contribution is 2.31. The van der Waals surface area contributed by atoms with Gasteiger partial charge in [-0.05, 0) is 48.4 Å². The molecule has 226 valence electrons.